The first-order valence-corrected chi connectivity index (χ1v) is 5.36. The van der Waals surface area contributed by atoms with Gasteiger partial charge in [0.2, 0.25) is 11.7 Å². The van der Waals surface area contributed by atoms with Crippen molar-refractivity contribution in [2.45, 2.75) is 20.0 Å². The molecule has 0 saturated carbocycles. The summed E-state index contributed by atoms with van der Waals surface area (Å²) in [6.45, 7) is 2.65. The number of nitrogens with one attached hydrogen (secondary N) is 1. The highest BCUT2D eigenvalue weighted by molar-refractivity contribution is 5.86. The molecule has 2 aromatic rings. The van der Waals surface area contributed by atoms with Crippen LogP contribution in [0.1, 0.15) is 28.0 Å². The molecule has 96 valence electrons. The molecule has 0 bridgehead atoms. The maximum atomic E-state index is 11.2. The average molecular weight is 251 g/mol. The lowest BCUT2D eigenvalue weighted by molar-refractivity contribution is 0.0563. The first-order valence-electron chi connectivity index (χ1n) is 5.36. The van der Waals surface area contributed by atoms with Gasteiger partial charge in [-0.3, -0.25) is 0 Å². The normalized spacial score (nSPS) is 10.6. The van der Waals surface area contributed by atoms with Crippen LogP contribution < -0.4 is 5.32 Å². The first kappa shape index (κ1) is 12.3. The molecule has 0 atom stereocenters. The van der Waals surface area contributed by atoms with Crippen LogP contribution in [0.5, 0.6) is 0 Å². The van der Waals surface area contributed by atoms with Gasteiger partial charge in [0.05, 0.1) is 20.2 Å². The van der Waals surface area contributed by atoms with Crippen molar-refractivity contribution >= 4 is 5.97 Å². The average Bonchev–Trinajstić information content (AvgIpc) is 2.98. The maximum Gasteiger partial charge on any atom is 0.373 e. The minimum absolute atomic E-state index is 0.185. The highest BCUT2D eigenvalue weighted by Gasteiger charge is 2.10. The van der Waals surface area contributed by atoms with Crippen LogP contribution >= 0.6 is 0 Å². The van der Waals surface area contributed by atoms with Crippen LogP contribution in [0.25, 0.3) is 0 Å². The molecule has 0 aliphatic rings. The van der Waals surface area contributed by atoms with Crippen LogP contribution in [0.2, 0.25) is 0 Å². The SMILES string of the molecule is COC(=O)c1ccc(CNCc2noc(C)n2)o1. The number of furan rings is 1. The summed E-state index contributed by atoms with van der Waals surface area (Å²) in [5.41, 5.74) is 0. The summed E-state index contributed by atoms with van der Waals surface area (Å²) in [5, 5.41) is 6.81. The van der Waals surface area contributed by atoms with Gasteiger partial charge in [-0.05, 0) is 12.1 Å². The number of methoxy groups -OCH3 is 1. The van der Waals surface area contributed by atoms with Crippen LogP contribution in [0, 0.1) is 6.92 Å². The Labute approximate surface area is 103 Å². The van der Waals surface area contributed by atoms with Gasteiger partial charge in [0.15, 0.2) is 5.82 Å². The van der Waals surface area contributed by atoms with E-state index >= 15 is 0 Å². The van der Waals surface area contributed by atoms with E-state index in [2.05, 4.69) is 20.2 Å². The van der Waals surface area contributed by atoms with Crippen molar-refractivity contribution in [2.24, 2.45) is 0 Å². The van der Waals surface area contributed by atoms with Crippen molar-refractivity contribution in [3.05, 3.63) is 35.4 Å². The van der Waals surface area contributed by atoms with E-state index in [-0.39, 0.29) is 5.76 Å². The molecule has 0 radical (unpaired) electrons. The van der Waals surface area contributed by atoms with Crippen molar-refractivity contribution in [2.75, 3.05) is 7.11 Å². The Balaban J connectivity index is 1.83. The number of esters is 1. The lowest BCUT2D eigenvalue weighted by Crippen LogP contribution is -2.13. The molecular formula is C11H13N3O4. The zero-order valence-corrected chi connectivity index (χ0v) is 10.1. The fourth-order valence-electron chi connectivity index (χ4n) is 1.39. The smallest absolute Gasteiger partial charge is 0.373 e. The second-order valence-corrected chi connectivity index (χ2v) is 3.59. The Morgan fingerprint density at radius 3 is 2.94 bits per heavy atom. The fourth-order valence-corrected chi connectivity index (χ4v) is 1.39. The van der Waals surface area contributed by atoms with E-state index in [0.29, 0.717) is 30.6 Å². The van der Waals surface area contributed by atoms with Crippen molar-refractivity contribution in [1.82, 2.24) is 15.5 Å². The molecule has 7 heteroatoms. The van der Waals surface area contributed by atoms with Gasteiger partial charge < -0.3 is 19.0 Å². The number of carbonyl (C=O) groups excluding carboxylic acids is 1. The Bertz CT molecular complexity index is 532. The molecule has 0 aliphatic carbocycles. The van der Waals surface area contributed by atoms with Crippen LogP contribution in [0.4, 0.5) is 0 Å². The monoisotopic (exact) mass is 251 g/mol. The number of hydrogen-bond donors (Lipinski definition) is 1. The first-order chi connectivity index (χ1) is 8.69. The van der Waals surface area contributed by atoms with E-state index in [1.165, 1.54) is 7.11 Å². The van der Waals surface area contributed by atoms with E-state index in [0.717, 1.165) is 0 Å². The second kappa shape index (κ2) is 5.46. The number of nitrogens with zero attached hydrogens (tertiary/aromatic N) is 2. The van der Waals surface area contributed by atoms with Crippen LogP contribution in [-0.2, 0) is 17.8 Å². The lowest BCUT2D eigenvalue weighted by Gasteiger charge is -1.98. The van der Waals surface area contributed by atoms with E-state index in [1.54, 1.807) is 19.1 Å². The lowest BCUT2D eigenvalue weighted by atomic mass is 10.4. The summed E-state index contributed by atoms with van der Waals surface area (Å²) in [7, 11) is 1.31. The van der Waals surface area contributed by atoms with Crippen molar-refractivity contribution < 1.29 is 18.5 Å². The molecule has 2 rings (SSSR count). The maximum absolute atomic E-state index is 11.2. The van der Waals surface area contributed by atoms with Gasteiger partial charge in [0.1, 0.15) is 5.76 Å². The van der Waals surface area contributed by atoms with Crippen molar-refractivity contribution in [1.29, 1.82) is 0 Å². The molecule has 2 heterocycles. The molecule has 0 fully saturated rings. The second-order valence-electron chi connectivity index (χ2n) is 3.59. The number of hydrogen-bond acceptors (Lipinski definition) is 7. The number of ether oxygens (including phenoxy) is 1. The molecule has 0 amide bonds. The summed E-state index contributed by atoms with van der Waals surface area (Å²) in [6.07, 6.45) is 0. The zero-order chi connectivity index (χ0) is 13.0. The predicted octanol–water partition coefficient (Wildman–Crippen LogP) is 1.05. The standard InChI is InChI=1S/C11H13N3O4/c1-7-13-10(14-18-7)6-12-5-8-3-4-9(17-8)11(15)16-2/h3-4,12H,5-6H2,1-2H3. The highest BCUT2D eigenvalue weighted by Crippen LogP contribution is 2.08. The minimum Gasteiger partial charge on any atom is -0.463 e. The molecule has 0 aliphatic heterocycles. The van der Waals surface area contributed by atoms with Crippen molar-refractivity contribution in [3.63, 3.8) is 0 Å². The molecule has 0 unspecified atom stereocenters. The highest BCUT2D eigenvalue weighted by atomic mass is 16.5. The van der Waals surface area contributed by atoms with Crippen LogP contribution in [0.3, 0.4) is 0 Å². The largest absolute Gasteiger partial charge is 0.463 e. The van der Waals surface area contributed by atoms with Gasteiger partial charge in [0.25, 0.3) is 0 Å². The third kappa shape index (κ3) is 2.95. The van der Waals surface area contributed by atoms with Gasteiger partial charge in [-0.2, -0.15) is 4.98 Å². The quantitative estimate of drug-likeness (QED) is 0.794. The number of carbonyl (C=O) groups is 1. The Morgan fingerprint density at radius 2 is 2.28 bits per heavy atom. The van der Waals surface area contributed by atoms with E-state index in [4.69, 9.17) is 8.94 Å². The van der Waals surface area contributed by atoms with E-state index in [1.807, 2.05) is 0 Å². The van der Waals surface area contributed by atoms with Crippen molar-refractivity contribution in [3.8, 4) is 0 Å². The fraction of sp³-hybridized carbons (Fsp3) is 0.364. The van der Waals surface area contributed by atoms with Crippen LogP contribution in [-0.4, -0.2) is 23.2 Å². The third-order valence-corrected chi connectivity index (χ3v) is 2.20. The van der Waals surface area contributed by atoms with Gasteiger partial charge in [0, 0.05) is 6.92 Å². The summed E-state index contributed by atoms with van der Waals surface area (Å²) < 4.78 is 14.7. The van der Waals surface area contributed by atoms with Gasteiger partial charge in [-0.1, -0.05) is 5.16 Å². The number of aromatic nitrogens is 2. The van der Waals surface area contributed by atoms with Gasteiger partial charge >= 0.3 is 5.97 Å². The van der Waals surface area contributed by atoms with E-state index in [9.17, 15) is 4.79 Å². The molecular weight excluding hydrogens is 238 g/mol. The molecule has 0 aromatic carbocycles. The Hall–Kier alpha value is -2.15. The summed E-state index contributed by atoms with van der Waals surface area (Å²) in [5.74, 6) is 1.43. The summed E-state index contributed by atoms with van der Waals surface area (Å²) in [6, 6.07) is 3.28. The molecule has 2 aromatic heterocycles. The van der Waals surface area contributed by atoms with Crippen LogP contribution in [0.15, 0.2) is 21.1 Å². The number of rotatable bonds is 5. The Kier molecular flexibility index (Phi) is 3.73. The van der Waals surface area contributed by atoms with E-state index < -0.39 is 5.97 Å². The van der Waals surface area contributed by atoms with Gasteiger partial charge in [-0.25, -0.2) is 4.79 Å². The topological polar surface area (TPSA) is 90.4 Å². The third-order valence-electron chi connectivity index (χ3n) is 2.20. The predicted molar refractivity (Wildman–Crippen MR) is 59.6 cm³/mol. The minimum atomic E-state index is -0.491. The molecule has 1 N–H and O–H groups in total. The molecule has 0 saturated heterocycles. The summed E-state index contributed by atoms with van der Waals surface area (Å²) in [4.78, 5) is 15.2. The molecule has 7 nitrogen and oxygen atoms in total. The Morgan fingerprint density at radius 1 is 1.44 bits per heavy atom. The number of aryl methyl sites for hydroxylation is 1. The zero-order valence-electron chi connectivity index (χ0n) is 10.1. The molecule has 0 spiro atoms. The summed E-state index contributed by atoms with van der Waals surface area (Å²) >= 11 is 0. The van der Waals surface area contributed by atoms with Gasteiger partial charge in [-0.15, -0.1) is 0 Å². The molecule has 18 heavy (non-hydrogen) atoms.